The third kappa shape index (κ3) is 4.47. The number of hydrogen-bond donors (Lipinski definition) is 2. The highest BCUT2D eigenvalue weighted by molar-refractivity contribution is 6.42. The minimum atomic E-state index is -0.305. The van der Waals surface area contributed by atoms with E-state index in [4.69, 9.17) is 23.2 Å². The fourth-order valence-electron chi connectivity index (χ4n) is 1.71. The topological polar surface area (TPSA) is 32.3 Å². The third-order valence-corrected chi connectivity index (χ3v) is 3.56. The molecule has 0 fully saturated rings. The van der Waals surface area contributed by atoms with Gasteiger partial charge in [-0.05, 0) is 25.0 Å². The first-order chi connectivity index (χ1) is 8.06. The Morgan fingerprint density at radius 2 is 2.06 bits per heavy atom. The van der Waals surface area contributed by atoms with E-state index in [9.17, 15) is 5.11 Å². The molecule has 1 aromatic carbocycles. The van der Waals surface area contributed by atoms with Gasteiger partial charge in [-0.1, -0.05) is 48.7 Å². The molecule has 2 N–H and O–H groups in total. The van der Waals surface area contributed by atoms with Crippen molar-refractivity contribution in [2.75, 3.05) is 6.54 Å². The highest BCUT2D eigenvalue weighted by atomic mass is 35.5. The third-order valence-electron chi connectivity index (χ3n) is 2.73. The lowest BCUT2D eigenvalue weighted by molar-refractivity contribution is 0.157. The van der Waals surface area contributed by atoms with Gasteiger partial charge >= 0.3 is 0 Å². The van der Waals surface area contributed by atoms with Crippen LogP contribution in [-0.4, -0.2) is 17.8 Å². The molecule has 0 spiro atoms. The number of hydrogen-bond acceptors (Lipinski definition) is 2. The fourth-order valence-corrected chi connectivity index (χ4v) is 2.18. The molecule has 2 unspecified atom stereocenters. The summed E-state index contributed by atoms with van der Waals surface area (Å²) < 4.78 is 0. The minimum absolute atomic E-state index is 0.0766. The molecule has 0 aliphatic heterocycles. The summed E-state index contributed by atoms with van der Waals surface area (Å²) in [7, 11) is 0. The van der Waals surface area contributed by atoms with Gasteiger partial charge in [-0.3, -0.25) is 0 Å². The molecule has 0 aliphatic rings. The number of aliphatic hydroxyl groups is 1. The minimum Gasteiger partial charge on any atom is -0.392 e. The second-order valence-electron chi connectivity index (χ2n) is 4.22. The van der Waals surface area contributed by atoms with E-state index >= 15 is 0 Å². The molecule has 0 radical (unpaired) electrons. The number of benzene rings is 1. The average molecular weight is 276 g/mol. The second kappa shape index (κ2) is 7.22. The van der Waals surface area contributed by atoms with E-state index in [0.29, 0.717) is 16.6 Å². The van der Waals surface area contributed by atoms with Crippen molar-refractivity contribution in [1.29, 1.82) is 0 Å². The molecule has 0 saturated heterocycles. The van der Waals surface area contributed by atoms with Crippen LogP contribution in [0.2, 0.25) is 10.0 Å². The van der Waals surface area contributed by atoms with Crippen LogP contribution in [0.25, 0.3) is 0 Å². The van der Waals surface area contributed by atoms with Crippen LogP contribution in [0.1, 0.15) is 38.3 Å². The molecule has 17 heavy (non-hydrogen) atoms. The zero-order chi connectivity index (χ0) is 12.8. The molecule has 1 aromatic rings. The molecule has 0 bridgehead atoms. The van der Waals surface area contributed by atoms with Gasteiger partial charge in [-0.15, -0.1) is 0 Å². The quantitative estimate of drug-likeness (QED) is 0.828. The van der Waals surface area contributed by atoms with Crippen molar-refractivity contribution in [2.45, 2.75) is 38.8 Å². The first kappa shape index (κ1) is 14.8. The maximum absolute atomic E-state index is 9.65. The van der Waals surface area contributed by atoms with Crippen molar-refractivity contribution in [1.82, 2.24) is 5.32 Å². The van der Waals surface area contributed by atoms with E-state index in [2.05, 4.69) is 12.2 Å². The van der Waals surface area contributed by atoms with Gasteiger partial charge in [0.25, 0.3) is 0 Å². The van der Waals surface area contributed by atoms with Crippen LogP contribution >= 0.6 is 23.2 Å². The Labute approximate surface area is 113 Å². The molecule has 1 rings (SSSR count). The number of halogens is 2. The Bertz CT molecular complexity index is 357. The van der Waals surface area contributed by atoms with Crippen molar-refractivity contribution < 1.29 is 5.11 Å². The van der Waals surface area contributed by atoms with E-state index in [-0.39, 0.29) is 12.1 Å². The lowest BCUT2D eigenvalue weighted by atomic mass is 10.1. The number of aliphatic hydroxyl groups excluding tert-OH is 1. The first-order valence-electron chi connectivity index (χ1n) is 5.91. The van der Waals surface area contributed by atoms with Gasteiger partial charge in [0.05, 0.1) is 16.1 Å². The molecule has 0 saturated carbocycles. The SMILES string of the molecule is CCCC(O)CNC(C)c1cccc(Cl)c1Cl. The van der Waals surface area contributed by atoms with Crippen molar-refractivity contribution in [3.63, 3.8) is 0 Å². The largest absolute Gasteiger partial charge is 0.392 e. The Morgan fingerprint density at radius 1 is 1.35 bits per heavy atom. The summed E-state index contributed by atoms with van der Waals surface area (Å²) in [5.41, 5.74) is 0.961. The Hall–Kier alpha value is -0.280. The van der Waals surface area contributed by atoms with Gasteiger partial charge in [0.15, 0.2) is 0 Å². The lowest BCUT2D eigenvalue weighted by Crippen LogP contribution is -2.29. The van der Waals surface area contributed by atoms with Crippen molar-refractivity contribution in [2.24, 2.45) is 0 Å². The van der Waals surface area contributed by atoms with Gasteiger partial charge in [-0.2, -0.15) is 0 Å². The molecule has 96 valence electrons. The number of rotatable bonds is 6. The van der Waals surface area contributed by atoms with E-state index < -0.39 is 0 Å². The van der Waals surface area contributed by atoms with Gasteiger partial charge in [0.2, 0.25) is 0 Å². The van der Waals surface area contributed by atoms with Crippen LogP contribution in [0.5, 0.6) is 0 Å². The van der Waals surface area contributed by atoms with E-state index in [1.54, 1.807) is 6.07 Å². The maximum atomic E-state index is 9.65. The van der Waals surface area contributed by atoms with Crippen LogP contribution in [0, 0.1) is 0 Å². The zero-order valence-electron chi connectivity index (χ0n) is 10.2. The van der Waals surface area contributed by atoms with E-state index in [1.165, 1.54) is 0 Å². The van der Waals surface area contributed by atoms with Crippen LogP contribution in [-0.2, 0) is 0 Å². The first-order valence-corrected chi connectivity index (χ1v) is 6.67. The molecular weight excluding hydrogens is 257 g/mol. The predicted octanol–water partition coefficient (Wildman–Crippen LogP) is 3.81. The normalized spacial score (nSPS) is 14.6. The van der Waals surface area contributed by atoms with Crippen LogP contribution < -0.4 is 5.32 Å². The van der Waals surface area contributed by atoms with E-state index in [0.717, 1.165) is 18.4 Å². The van der Waals surface area contributed by atoms with Gasteiger partial charge in [-0.25, -0.2) is 0 Å². The average Bonchev–Trinajstić information content (AvgIpc) is 2.30. The molecule has 0 heterocycles. The van der Waals surface area contributed by atoms with Crippen molar-refractivity contribution >= 4 is 23.2 Å². The van der Waals surface area contributed by atoms with Gasteiger partial charge in [0, 0.05) is 12.6 Å². The zero-order valence-corrected chi connectivity index (χ0v) is 11.7. The molecular formula is C13H19Cl2NO. The maximum Gasteiger partial charge on any atom is 0.0664 e. The number of nitrogens with one attached hydrogen (secondary N) is 1. The monoisotopic (exact) mass is 275 g/mol. The summed E-state index contributed by atoms with van der Waals surface area (Å²) in [5, 5.41) is 14.1. The molecule has 0 aromatic heterocycles. The summed E-state index contributed by atoms with van der Waals surface area (Å²) in [6, 6.07) is 5.67. The molecule has 4 heteroatoms. The van der Waals surface area contributed by atoms with Gasteiger partial charge < -0.3 is 10.4 Å². The Kier molecular flexibility index (Phi) is 6.28. The summed E-state index contributed by atoms with van der Waals surface area (Å²) in [4.78, 5) is 0. The Balaban J connectivity index is 2.58. The fraction of sp³-hybridized carbons (Fsp3) is 0.538. The predicted molar refractivity (Wildman–Crippen MR) is 73.8 cm³/mol. The van der Waals surface area contributed by atoms with Crippen LogP contribution in [0.4, 0.5) is 0 Å². The summed E-state index contributed by atoms with van der Waals surface area (Å²) in [6.07, 6.45) is 1.48. The van der Waals surface area contributed by atoms with Gasteiger partial charge in [0.1, 0.15) is 0 Å². The smallest absolute Gasteiger partial charge is 0.0664 e. The summed E-state index contributed by atoms with van der Waals surface area (Å²) >= 11 is 12.1. The molecule has 2 atom stereocenters. The molecule has 0 amide bonds. The summed E-state index contributed by atoms with van der Waals surface area (Å²) in [5.74, 6) is 0. The van der Waals surface area contributed by atoms with Crippen LogP contribution in [0.15, 0.2) is 18.2 Å². The highest BCUT2D eigenvalue weighted by Gasteiger charge is 2.12. The van der Waals surface area contributed by atoms with E-state index in [1.807, 2.05) is 19.1 Å². The lowest BCUT2D eigenvalue weighted by Gasteiger charge is -2.18. The highest BCUT2D eigenvalue weighted by Crippen LogP contribution is 2.29. The standard InChI is InChI=1S/C13H19Cl2NO/c1-3-5-10(17)8-16-9(2)11-6-4-7-12(14)13(11)15/h4,6-7,9-10,16-17H,3,5,8H2,1-2H3. The molecule has 2 nitrogen and oxygen atoms in total. The Morgan fingerprint density at radius 3 is 2.71 bits per heavy atom. The van der Waals surface area contributed by atoms with Crippen LogP contribution in [0.3, 0.4) is 0 Å². The second-order valence-corrected chi connectivity index (χ2v) is 5.00. The summed E-state index contributed by atoms with van der Waals surface area (Å²) in [6.45, 7) is 4.63. The molecule has 0 aliphatic carbocycles. The van der Waals surface area contributed by atoms with Crippen molar-refractivity contribution in [3.8, 4) is 0 Å². The van der Waals surface area contributed by atoms with Crippen molar-refractivity contribution in [3.05, 3.63) is 33.8 Å².